The lowest BCUT2D eigenvalue weighted by atomic mass is 10.2. The number of aromatic carboxylic acids is 1. The highest BCUT2D eigenvalue weighted by Crippen LogP contribution is 2.14. The van der Waals surface area contributed by atoms with E-state index in [-0.39, 0.29) is 11.3 Å². The molecule has 0 aromatic heterocycles. The molecule has 0 fully saturated rings. The van der Waals surface area contributed by atoms with Gasteiger partial charge in [0, 0.05) is 5.56 Å². The summed E-state index contributed by atoms with van der Waals surface area (Å²) in [5.41, 5.74) is -0.112. The van der Waals surface area contributed by atoms with Gasteiger partial charge in [-0.25, -0.2) is 0 Å². The SMILES string of the molecule is C=C(Oc1cccc(C(=O)[O-])c1)C(=O)[O-]. The highest BCUT2D eigenvalue weighted by Gasteiger charge is 2.00. The Bertz CT molecular complexity index is 422. The number of rotatable bonds is 4. The van der Waals surface area contributed by atoms with Crippen LogP contribution in [0.5, 0.6) is 5.75 Å². The normalized spacial score (nSPS) is 9.33. The van der Waals surface area contributed by atoms with E-state index in [1.54, 1.807) is 0 Å². The Morgan fingerprint density at radius 2 is 1.93 bits per heavy atom. The van der Waals surface area contributed by atoms with Crippen molar-refractivity contribution in [2.24, 2.45) is 0 Å². The fraction of sp³-hybridized carbons (Fsp3) is 0. The molecule has 0 saturated carbocycles. The number of hydrogen-bond acceptors (Lipinski definition) is 5. The van der Waals surface area contributed by atoms with Gasteiger partial charge < -0.3 is 24.5 Å². The fourth-order valence-corrected chi connectivity index (χ4v) is 0.870. The van der Waals surface area contributed by atoms with Crippen molar-refractivity contribution in [3.8, 4) is 5.75 Å². The molecular formula is C10H6O5-2. The van der Waals surface area contributed by atoms with Gasteiger partial charge in [0.25, 0.3) is 0 Å². The van der Waals surface area contributed by atoms with Gasteiger partial charge in [0.1, 0.15) is 17.5 Å². The highest BCUT2D eigenvalue weighted by molar-refractivity contribution is 5.86. The molecule has 0 atom stereocenters. The second-order valence-electron chi connectivity index (χ2n) is 2.63. The Morgan fingerprint density at radius 3 is 2.47 bits per heavy atom. The Hall–Kier alpha value is -2.30. The topological polar surface area (TPSA) is 89.5 Å². The first kappa shape index (κ1) is 10.8. The van der Waals surface area contributed by atoms with Crippen LogP contribution in [0.3, 0.4) is 0 Å². The van der Waals surface area contributed by atoms with E-state index < -0.39 is 17.7 Å². The molecule has 1 rings (SSSR count). The molecule has 0 aliphatic heterocycles. The minimum atomic E-state index is -1.56. The van der Waals surface area contributed by atoms with E-state index in [0.29, 0.717) is 0 Å². The third kappa shape index (κ3) is 2.84. The van der Waals surface area contributed by atoms with E-state index in [4.69, 9.17) is 4.74 Å². The quantitative estimate of drug-likeness (QED) is 0.450. The molecular weight excluding hydrogens is 200 g/mol. The summed E-state index contributed by atoms with van der Waals surface area (Å²) in [7, 11) is 0. The van der Waals surface area contributed by atoms with Crippen molar-refractivity contribution in [2.75, 3.05) is 0 Å². The number of ether oxygens (including phenoxy) is 1. The summed E-state index contributed by atoms with van der Waals surface area (Å²) in [5, 5.41) is 20.7. The fourth-order valence-electron chi connectivity index (χ4n) is 0.870. The van der Waals surface area contributed by atoms with Gasteiger partial charge in [-0.1, -0.05) is 18.7 Å². The molecule has 78 valence electrons. The summed E-state index contributed by atoms with van der Waals surface area (Å²) in [6.45, 7) is 3.08. The van der Waals surface area contributed by atoms with Gasteiger partial charge >= 0.3 is 0 Å². The summed E-state index contributed by atoms with van der Waals surface area (Å²) in [4.78, 5) is 20.7. The lowest BCUT2D eigenvalue weighted by molar-refractivity contribution is -0.301. The molecule has 0 amide bonds. The van der Waals surface area contributed by atoms with Crippen molar-refractivity contribution < 1.29 is 24.5 Å². The largest absolute Gasteiger partial charge is 0.545 e. The van der Waals surface area contributed by atoms with Crippen molar-refractivity contribution in [3.05, 3.63) is 42.2 Å². The maximum Gasteiger partial charge on any atom is 0.142 e. The van der Waals surface area contributed by atoms with Crippen LogP contribution >= 0.6 is 0 Å². The van der Waals surface area contributed by atoms with E-state index in [9.17, 15) is 19.8 Å². The van der Waals surface area contributed by atoms with Gasteiger partial charge in [-0.15, -0.1) is 0 Å². The Kier molecular flexibility index (Phi) is 3.07. The zero-order chi connectivity index (χ0) is 11.4. The molecule has 5 nitrogen and oxygen atoms in total. The van der Waals surface area contributed by atoms with E-state index in [1.807, 2.05) is 0 Å². The summed E-state index contributed by atoms with van der Waals surface area (Å²) in [5.74, 6) is -3.48. The second-order valence-corrected chi connectivity index (χ2v) is 2.63. The first-order valence-corrected chi connectivity index (χ1v) is 3.90. The van der Waals surface area contributed by atoms with Crippen LogP contribution in [-0.4, -0.2) is 11.9 Å². The van der Waals surface area contributed by atoms with Crippen LogP contribution in [0, 0.1) is 0 Å². The van der Waals surface area contributed by atoms with E-state index in [1.165, 1.54) is 18.2 Å². The number of carbonyl (C=O) groups is 2. The molecule has 0 aliphatic rings. The van der Waals surface area contributed by atoms with Crippen molar-refractivity contribution in [3.63, 3.8) is 0 Å². The number of carboxylic acids is 2. The molecule has 1 aromatic rings. The van der Waals surface area contributed by atoms with E-state index in [0.717, 1.165) is 6.07 Å². The monoisotopic (exact) mass is 206 g/mol. The number of benzene rings is 1. The van der Waals surface area contributed by atoms with Gasteiger partial charge in [-0.05, 0) is 12.1 Å². The number of aliphatic carboxylic acids is 1. The first-order chi connectivity index (χ1) is 7.00. The summed E-state index contributed by atoms with van der Waals surface area (Å²) >= 11 is 0. The minimum Gasteiger partial charge on any atom is -0.545 e. The van der Waals surface area contributed by atoms with Gasteiger partial charge in [0.2, 0.25) is 0 Å². The molecule has 0 bridgehead atoms. The molecule has 0 heterocycles. The molecule has 5 heteroatoms. The molecule has 0 N–H and O–H groups in total. The van der Waals surface area contributed by atoms with Crippen LogP contribution in [0.4, 0.5) is 0 Å². The van der Waals surface area contributed by atoms with Gasteiger partial charge in [-0.3, -0.25) is 0 Å². The predicted molar refractivity (Wildman–Crippen MR) is 45.5 cm³/mol. The maximum absolute atomic E-state index is 10.5. The van der Waals surface area contributed by atoms with Crippen LogP contribution in [0.25, 0.3) is 0 Å². The zero-order valence-electron chi connectivity index (χ0n) is 7.56. The molecule has 15 heavy (non-hydrogen) atoms. The Labute approximate surface area is 85.2 Å². The van der Waals surface area contributed by atoms with Gasteiger partial charge in [0.05, 0.1) is 5.97 Å². The van der Waals surface area contributed by atoms with Crippen molar-refractivity contribution in [2.45, 2.75) is 0 Å². The van der Waals surface area contributed by atoms with Crippen molar-refractivity contribution in [1.82, 2.24) is 0 Å². The third-order valence-corrected chi connectivity index (χ3v) is 1.54. The average molecular weight is 206 g/mol. The first-order valence-electron chi connectivity index (χ1n) is 3.90. The van der Waals surface area contributed by atoms with Crippen LogP contribution in [0.1, 0.15) is 10.4 Å². The summed E-state index contributed by atoms with van der Waals surface area (Å²) in [6.07, 6.45) is 0. The van der Waals surface area contributed by atoms with Crippen LogP contribution in [0.2, 0.25) is 0 Å². The number of carboxylic acid groups (broad SMARTS) is 2. The predicted octanol–water partition coefficient (Wildman–Crippen LogP) is -1.31. The number of carbonyl (C=O) groups excluding carboxylic acids is 2. The standard InChI is InChI=1S/C10H8O5/c1-6(9(11)12)15-8-4-2-3-7(5-8)10(13)14/h2-5H,1H2,(H,11,12)(H,13,14)/p-2. The average Bonchev–Trinajstić information content (AvgIpc) is 2.18. The number of hydrogen-bond donors (Lipinski definition) is 0. The lowest BCUT2D eigenvalue weighted by Crippen LogP contribution is -2.26. The Balaban J connectivity index is 2.87. The molecule has 0 spiro atoms. The van der Waals surface area contributed by atoms with Crippen LogP contribution in [-0.2, 0) is 4.79 Å². The second kappa shape index (κ2) is 4.28. The lowest BCUT2D eigenvalue weighted by Gasteiger charge is -2.10. The van der Waals surface area contributed by atoms with E-state index in [2.05, 4.69) is 6.58 Å². The van der Waals surface area contributed by atoms with Crippen LogP contribution in [0.15, 0.2) is 36.6 Å². The van der Waals surface area contributed by atoms with Crippen molar-refractivity contribution >= 4 is 11.9 Å². The highest BCUT2D eigenvalue weighted by atomic mass is 16.5. The molecule has 0 aliphatic carbocycles. The minimum absolute atomic E-state index is 0.0471. The molecule has 1 aromatic carbocycles. The van der Waals surface area contributed by atoms with Gasteiger partial charge in [-0.2, -0.15) is 0 Å². The zero-order valence-corrected chi connectivity index (χ0v) is 7.56. The Morgan fingerprint density at radius 1 is 1.27 bits per heavy atom. The maximum atomic E-state index is 10.5. The molecule has 0 saturated heterocycles. The third-order valence-electron chi connectivity index (χ3n) is 1.54. The summed E-state index contributed by atoms with van der Waals surface area (Å²) < 4.78 is 4.72. The summed E-state index contributed by atoms with van der Waals surface area (Å²) in [6, 6.07) is 5.21. The van der Waals surface area contributed by atoms with Crippen molar-refractivity contribution in [1.29, 1.82) is 0 Å². The van der Waals surface area contributed by atoms with E-state index >= 15 is 0 Å². The molecule has 0 unspecified atom stereocenters. The van der Waals surface area contributed by atoms with Gasteiger partial charge in [0.15, 0.2) is 0 Å². The smallest absolute Gasteiger partial charge is 0.142 e. The molecule has 0 radical (unpaired) electrons. The van der Waals surface area contributed by atoms with Crippen LogP contribution < -0.4 is 14.9 Å².